The molecule has 4 heteroatoms. The highest BCUT2D eigenvalue weighted by molar-refractivity contribution is 5.90. The van der Waals surface area contributed by atoms with E-state index in [0.717, 1.165) is 25.9 Å². The molecular formula is C9H14N2O2. The van der Waals surface area contributed by atoms with Crippen LogP contribution in [0.2, 0.25) is 0 Å². The summed E-state index contributed by atoms with van der Waals surface area (Å²) >= 11 is 0. The number of carbonyl (C=O) groups is 2. The highest BCUT2D eigenvalue weighted by Crippen LogP contribution is 2.14. The molecule has 0 spiro atoms. The molecule has 2 saturated heterocycles. The molecule has 2 fully saturated rings. The average Bonchev–Trinajstić information content (AvgIpc) is 2.72. The van der Waals surface area contributed by atoms with Crippen molar-refractivity contribution in [3.8, 4) is 0 Å². The first-order chi connectivity index (χ1) is 6.27. The highest BCUT2D eigenvalue weighted by atomic mass is 16.2. The first-order valence-corrected chi connectivity index (χ1v) is 4.85. The van der Waals surface area contributed by atoms with Gasteiger partial charge in [-0.1, -0.05) is 0 Å². The van der Waals surface area contributed by atoms with Crippen LogP contribution in [0, 0.1) is 0 Å². The van der Waals surface area contributed by atoms with Crippen LogP contribution in [-0.2, 0) is 9.59 Å². The SMILES string of the molecule is O=C1CC[C@@H](C(=O)N2CCCC2)N1. The van der Waals surface area contributed by atoms with Crippen molar-refractivity contribution in [1.29, 1.82) is 0 Å². The van der Waals surface area contributed by atoms with E-state index in [4.69, 9.17) is 0 Å². The maximum atomic E-state index is 11.7. The van der Waals surface area contributed by atoms with Gasteiger partial charge in [-0.15, -0.1) is 0 Å². The van der Waals surface area contributed by atoms with Crippen molar-refractivity contribution in [3.05, 3.63) is 0 Å². The van der Waals surface area contributed by atoms with Gasteiger partial charge in [-0.2, -0.15) is 0 Å². The fourth-order valence-corrected chi connectivity index (χ4v) is 1.96. The number of carbonyl (C=O) groups excluding carboxylic acids is 2. The molecule has 0 bridgehead atoms. The standard InChI is InChI=1S/C9H14N2O2/c12-8-4-3-7(10-8)9(13)11-5-1-2-6-11/h7H,1-6H2,(H,10,12)/t7-/m0/s1. The number of nitrogens with one attached hydrogen (secondary N) is 1. The second kappa shape index (κ2) is 3.36. The molecule has 1 atom stereocenters. The normalized spacial score (nSPS) is 27.8. The lowest BCUT2D eigenvalue weighted by Gasteiger charge is -2.19. The van der Waals surface area contributed by atoms with Crippen molar-refractivity contribution in [3.63, 3.8) is 0 Å². The topological polar surface area (TPSA) is 49.4 Å². The second-order valence-corrected chi connectivity index (χ2v) is 3.69. The summed E-state index contributed by atoms with van der Waals surface area (Å²) in [6.07, 6.45) is 3.39. The van der Waals surface area contributed by atoms with E-state index in [1.165, 1.54) is 0 Å². The third-order valence-corrected chi connectivity index (χ3v) is 2.71. The van der Waals surface area contributed by atoms with E-state index >= 15 is 0 Å². The van der Waals surface area contributed by atoms with Gasteiger partial charge in [0, 0.05) is 19.5 Å². The minimum absolute atomic E-state index is 0.0116. The molecule has 0 aromatic carbocycles. The summed E-state index contributed by atoms with van der Waals surface area (Å²) in [5.41, 5.74) is 0. The molecule has 2 aliphatic rings. The second-order valence-electron chi connectivity index (χ2n) is 3.69. The van der Waals surface area contributed by atoms with Crippen molar-refractivity contribution in [2.24, 2.45) is 0 Å². The number of hydrogen-bond acceptors (Lipinski definition) is 2. The lowest BCUT2D eigenvalue weighted by atomic mass is 10.2. The molecule has 0 saturated carbocycles. The molecule has 2 amide bonds. The molecule has 4 nitrogen and oxygen atoms in total. The Labute approximate surface area is 77.3 Å². The van der Waals surface area contributed by atoms with Crippen LogP contribution in [0.3, 0.4) is 0 Å². The summed E-state index contributed by atoms with van der Waals surface area (Å²) < 4.78 is 0. The van der Waals surface area contributed by atoms with E-state index in [1.807, 2.05) is 4.90 Å². The number of hydrogen-bond donors (Lipinski definition) is 1. The Kier molecular flexibility index (Phi) is 2.20. The number of amides is 2. The summed E-state index contributed by atoms with van der Waals surface area (Å²) in [7, 11) is 0. The Morgan fingerprint density at radius 3 is 2.62 bits per heavy atom. The van der Waals surface area contributed by atoms with Gasteiger partial charge in [0.15, 0.2) is 0 Å². The van der Waals surface area contributed by atoms with Crippen LogP contribution in [0.1, 0.15) is 25.7 Å². The molecule has 2 rings (SSSR count). The fourth-order valence-electron chi connectivity index (χ4n) is 1.96. The van der Waals surface area contributed by atoms with Crippen LogP contribution < -0.4 is 5.32 Å². The smallest absolute Gasteiger partial charge is 0.245 e. The Hall–Kier alpha value is -1.06. The largest absolute Gasteiger partial charge is 0.344 e. The van der Waals surface area contributed by atoms with Crippen LogP contribution in [0.15, 0.2) is 0 Å². The minimum atomic E-state index is -0.231. The molecular weight excluding hydrogens is 168 g/mol. The van der Waals surface area contributed by atoms with E-state index < -0.39 is 0 Å². The summed E-state index contributed by atoms with van der Waals surface area (Å²) in [4.78, 5) is 24.5. The summed E-state index contributed by atoms with van der Waals surface area (Å²) in [6, 6.07) is -0.231. The number of nitrogens with zero attached hydrogens (tertiary/aromatic N) is 1. The molecule has 0 aliphatic carbocycles. The summed E-state index contributed by atoms with van der Waals surface area (Å²) in [6.45, 7) is 1.73. The van der Waals surface area contributed by atoms with Crippen LogP contribution in [-0.4, -0.2) is 35.8 Å². The number of likely N-dealkylation sites (tertiary alicyclic amines) is 1. The first-order valence-electron chi connectivity index (χ1n) is 4.85. The Balaban J connectivity index is 1.92. The van der Waals surface area contributed by atoms with Crippen molar-refractivity contribution < 1.29 is 9.59 Å². The quantitative estimate of drug-likeness (QED) is 0.615. The van der Waals surface area contributed by atoms with E-state index in [-0.39, 0.29) is 17.9 Å². The van der Waals surface area contributed by atoms with Crippen molar-refractivity contribution in [1.82, 2.24) is 10.2 Å². The zero-order valence-electron chi connectivity index (χ0n) is 7.58. The van der Waals surface area contributed by atoms with Gasteiger partial charge < -0.3 is 10.2 Å². The van der Waals surface area contributed by atoms with Gasteiger partial charge in [0.2, 0.25) is 11.8 Å². The molecule has 13 heavy (non-hydrogen) atoms. The molecule has 2 heterocycles. The zero-order valence-corrected chi connectivity index (χ0v) is 7.58. The van der Waals surface area contributed by atoms with Gasteiger partial charge >= 0.3 is 0 Å². The summed E-state index contributed by atoms with van der Waals surface area (Å²) in [5.74, 6) is 0.126. The monoisotopic (exact) mass is 182 g/mol. The van der Waals surface area contributed by atoms with Crippen LogP contribution in [0.25, 0.3) is 0 Å². The van der Waals surface area contributed by atoms with Crippen molar-refractivity contribution >= 4 is 11.8 Å². The van der Waals surface area contributed by atoms with Gasteiger partial charge in [-0.05, 0) is 19.3 Å². The van der Waals surface area contributed by atoms with Gasteiger partial charge in [0.1, 0.15) is 6.04 Å². The molecule has 0 aromatic heterocycles. The molecule has 1 N–H and O–H groups in total. The van der Waals surface area contributed by atoms with Gasteiger partial charge in [0.05, 0.1) is 0 Å². The van der Waals surface area contributed by atoms with Gasteiger partial charge in [-0.3, -0.25) is 9.59 Å². The van der Waals surface area contributed by atoms with E-state index in [2.05, 4.69) is 5.32 Å². The fraction of sp³-hybridized carbons (Fsp3) is 0.778. The first kappa shape index (κ1) is 8.53. The van der Waals surface area contributed by atoms with Crippen LogP contribution in [0.4, 0.5) is 0 Å². The Morgan fingerprint density at radius 2 is 2.08 bits per heavy atom. The zero-order chi connectivity index (χ0) is 9.26. The Bertz CT molecular complexity index is 234. The van der Waals surface area contributed by atoms with Gasteiger partial charge in [-0.25, -0.2) is 0 Å². The lowest BCUT2D eigenvalue weighted by molar-refractivity contribution is -0.133. The van der Waals surface area contributed by atoms with E-state index in [1.54, 1.807) is 0 Å². The molecule has 72 valence electrons. The predicted molar refractivity (Wildman–Crippen MR) is 47.0 cm³/mol. The summed E-state index contributed by atoms with van der Waals surface area (Å²) in [5, 5.41) is 2.70. The van der Waals surface area contributed by atoms with Crippen LogP contribution >= 0.6 is 0 Å². The molecule has 0 aromatic rings. The highest BCUT2D eigenvalue weighted by Gasteiger charge is 2.31. The Morgan fingerprint density at radius 1 is 1.38 bits per heavy atom. The maximum Gasteiger partial charge on any atom is 0.245 e. The maximum absolute atomic E-state index is 11.7. The third kappa shape index (κ3) is 1.66. The van der Waals surface area contributed by atoms with Crippen molar-refractivity contribution in [2.75, 3.05) is 13.1 Å². The predicted octanol–water partition coefficient (Wildman–Crippen LogP) is -0.113. The molecule has 0 radical (unpaired) electrons. The van der Waals surface area contributed by atoms with E-state index in [9.17, 15) is 9.59 Å². The number of rotatable bonds is 1. The third-order valence-electron chi connectivity index (χ3n) is 2.71. The molecule has 0 unspecified atom stereocenters. The van der Waals surface area contributed by atoms with Crippen molar-refractivity contribution in [2.45, 2.75) is 31.7 Å². The van der Waals surface area contributed by atoms with Gasteiger partial charge in [0.25, 0.3) is 0 Å². The lowest BCUT2D eigenvalue weighted by Crippen LogP contribution is -2.43. The average molecular weight is 182 g/mol. The minimum Gasteiger partial charge on any atom is -0.344 e. The molecule has 2 aliphatic heterocycles. The van der Waals surface area contributed by atoms with Crippen LogP contribution in [0.5, 0.6) is 0 Å². The van der Waals surface area contributed by atoms with E-state index in [0.29, 0.717) is 12.8 Å².